The molecule has 1 unspecified atom stereocenters. The standard InChI is InChI=1S/C29H43ClN6O3/c1-2-5-21-12-22(16-31-15-20-8-10-25(37)11-9-20)14-23(13-21)17-32-28-27(36(38)39)19-34-29(35-28)33-18-24-6-3-4-7-26(24)30/h3-4,6-7,19-23,25,31,37H,2,5,8-18H2,1H3,(H2,32,33,34,35)/t20?,21?,22-,23-,25?/m1/s1. The van der Waals surface area contributed by atoms with Crippen LogP contribution < -0.4 is 16.0 Å². The highest BCUT2D eigenvalue weighted by Crippen LogP contribution is 2.36. The molecule has 4 N–H and O–H groups in total. The molecule has 3 atom stereocenters. The molecule has 2 saturated carbocycles. The van der Waals surface area contributed by atoms with Crippen LogP contribution in [0.1, 0.15) is 70.3 Å². The lowest BCUT2D eigenvalue weighted by Crippen LogP contribution is -2.36. The van der Waals surface area contributed by atoms with Crippen LogP contribution in [-0.4, -0.2) is 45.7 Å². The molecule has 0 radical (unpaired) electrons. The Morgan fingerprint density at radius 2 is 1.69 bits per heavy atom. The maximum absolute atomic E-state index is 11.7. The highest BCUT2D eigenvalue weighted by atomic mass is 35.5. The maximum atomic E-state index is 11.7. The molecular formula is C29H43ClN6O3. The lowest BCUT2D eigenvalue weighted by molar-refractivity contribution is -0.384. The van der Waals surface area contributed by atoms with E-state index in [-0.39, 0.29) is 17.6 Å². The van der Waals surface area contributed by atoms with Gasteiger partial charge < -0.3 is 21.1 Å². The lowest BCUT2D eigenvalue weighted by Gasteiger charge is -2.36. The predicted octanol–water partition coefficient (Wildman–Crippen LogP) is 6.04. The maximum Gasteiger partial charge on any atom is 0.329 e. The Balaban J connectivity index is 1.33. The summed E-state index contributed by atoms with van der Waals surface area (Å²) in [5.41, 5.74) is 0.788. The van der Waals surface area contributed by atoms with Crippen LogP contribution >= 0.6 is 11.6 Å². The van der Waals surface area contributed by atoms with Crippen LogP contribution in [0.2, 0.25) is 5.02 Å². The van der Waals surface area contributed by atoms with E-state index in [2.05, 4.69) is 32.8 Å². The largest absolute Gasteiger partial charge is 0.393 e. The molecule has 214 valence electrons. The molecule has 0 bridgehead atoms. The van der Waals surface area contributed by atoms with Gasteiger partial charge in [-0.25, -0.2) is 4.98 Å². The van der Waals surface area contributed by atoms with Crippen molar-refractivity contribution in [3.63, 3.8) is 0 Å². The third-order valence-electron chi connectivity index (χ3n) is 8.30. The SMILES string of the molecule is CCCC1C[C@@H](CNCC2CCC(O)CC2)C[C@H](CNc2nc(NCc3ccccc3Cl)ncc2[N+](=O)[O-])C1. The van der Waals surface area contributed by atoms with Gasteiger partial charge >= 0.3 is 5.69 Å². The van der Waals surface area contributed by atoms with Gasteiger partial charge in [-0.2, -0.15) is 4.98 Å². The number of benzene rings is 1. The number of hydrogen-bond donors (Lipinski definition) is 4. The number of rotatable bonds is 13. The molecule has 0 amide bonds. The topological polar surface area (TPSA) is 125 Å². The van der Waals surface area contributed by atoms with Gasteiger partial charge in [-0.3, -0.25) is 10.1 Å². The summed E-state index contributed by atoms with van der Waals surface area (Å²) < 4.78 is 0. The van der Waals surface area contributed by atoms with Crippen LogP contribution in [-0.2, 0) is 6.54 Å². The molecule has 9 nitrogen and oxygen atoms in total. The first kappa shape index (κ1) is 29.5. The Kier molecular flexibility index (Phi) is 11.2. The molecule has 2 fully saturated rings. The van der Waals surface area contributed by atoms with Gasteiger partial charge in [0, 0.05) is 18.1 Å². The lowest BCUT2D eigenvalue weighted by atomic mass is 9.73. The van der Waals surface area contributed by atoms with Gasteiger partial charge in [0.25, 0.3) is 0 Å². The molecule has 2 aromatic rings. The zero-order valence-corrected chi connectivity index (χ0v) is 23.7. The molecule has 1 aromatic heterocycles. The first-order chi connectivity index (χ1) is 18.9. The Bertz CT molecular complexity index is 1070. The minimum absolute atomic E-state index is 0.109. The number of halogens is 1. The van der Waals surface area contributed by atoms with Crippen molar-refractivity contribution in [2.45, 2.75) is 77.4 Å². The average Bonchev–Trinajstić information content (AvgIpc) is 2.92. The molecular weight excluding hydrogens is 516 g/mol. The van der Waals surface area contributed by atoms with Gasteiger partial charge in [-0.1, -0.05) is 49.6 Å². The second kappa shape index (κ2) is 14.8. The second-order valence-electron chi connectivity index (χ2n) is 11.4. The van der Waals surface area contributed by atoms with Gasteiger partial charge in [0.1, 0.15) is 6.20 Å². The predicted molar refractivity (Wildman–Crippen MR) is 156 cm³/mol. The fourth-order valence-corrected chi connectivity index (χ4v) is 6.50. The Hall–Kier alpha value is -2.49. The Morgan fingerprint density at radius 1 is 1.00 bits per heavy atom. The molecule has 0 saturated heterocycles. The zero-order chi connectivity index (χ0) is 27.6. The number of aliphatic hydroxyl groups is 1. The van der Waals surface area contributed by atoms with E-state index in [1.54, 1.807) is 0 Å². The van der Waals surface area contributed by atoms with E-state index in [1.165, 1.54) is 25.5 Å². The normalized spacial score (nSPS) is 25.3. The quantitative estimate of drug-likeness (QED) is 0.173. The summed E-state index contributed by atoms with van der Waals surface area (Å²) in [6.45, 7) is 5.36. The number of aromatic nitrogens is 2. The molecule has 4 rings (SSSR count). The Labute approximate surface area is 236 Å². The van der Waals surface area contributed by atoms with Crippen molar-refractivity contribution < 1.29 is 10.0 Å². The highest BCUT2D eigenvalue weighted by Gasteiger charge is 2.29. The number of nitrogens with zero attached hydrogens (tertiary/aromatic N) is 3. The molecule has 1 heterocycles. The summed E-state index contributed by atoms with van der Waals surface area (Å²) in [6.07, 6.45) is 11.1. The van der Waals surface area contributed by atoms with Crippen molar-refractivity contribution in [3.05, 3.63) is 51.2 Å². The third kappa shape index (κ3) is 9.01. The van der Waals surface area contributed by atoms with E-state index >= 15 is 0 Å². The van der Waals surface area contributed by atoms with E-state index in [1.807, 2.05) is 24.3 Å². The fourth-order valence-electron chi connectivity index (χ4n) is 6.30. The minimum atomic E-state index is -0.433. The van der Waals surface area contributed by atoms with Crippen molar-refractivity contribution in [2.75, 3.05) is 30.3 Å². The van der Waals surface area contributed by atoms with Gasteiger partial charge in [-0.05, 0) is 93.3 Å². The smallest absolute Gasteiger partial charge is 0.329 e. The molecule has 2 aliphatic carbocycles. The molecule has 1 aromatic carbocycles. The summed E-state index contributed by atoms with van der Waals surface area (Å²) in [5.74, 6) is 2.96. The molecule has 0 spiro atoms. The van der Waals surface area contributed by atoms with Crippen LogP contribution in [0, 0.1) is 33.8 Å². The second-order valence-corrected chi connectivity index (χ2v) is 11.8. The number of hydrogen-bond acceptors (Lipinski definition) is 8. The van der Waals surface area contributed by atoms with Gasteiger partial charge in [-0.15, -0.1) is 0 Å². The van der Waals surface area contributed by atoms with Crippen LogP contribution in [0.3, 0.4) is 0 Å². The first-order valence-electron chi connectivity index (χ1n) is 14.5. The average molecular weight is 559 g/mol. The number of nitro groups is 1. The van der Waals surface area contributed by atoms with Gasteiger partial charge in [0.2, 0.25) is 11.8 Å². The van der Waals surface area contributed by atoms with Gasteiger partial charge in [0.15, 0.2) is 0 Å². The van der Waals surface area contributed by atoms with E-state index in [4.69, 9.17) is 11.6 Å². The zero-order valence-electron chi connectivity index (χ0n) is 22.9. The number of anilines is 2. The third-order valence-corrected chi connectivity index (χ3v) is 8.67. The van der Waals surface area contributed by atoms with Crippen LogP contribution in [0.5, 0.6) is 0 Å². The van der Waals surface area contributed by atoms with Crippen LogP contribution in [0.15, 0.2) is 30.5 Å². The summed E-state index contributed by atoms with van der Waals surface area (Å²) in [7, 11) is 0. The van der Waals surface area contributed by atoms with Crippen molar-refractivity contribution in [1.29, 1.82) is 0 Å². The summed E-state index contributed by atoms with van der Waals surface area (Å²) in [4.78, 5) is 19.9. The molecule has 0 aliphatic heterocycles. The van der Waals surface area contributed by atoms with Crippen molar-refractivity contribution >= 4 is 29.1 Å². The van der Waals surface area contributed by atoms with E-state index in [0.717, 1.165) is 57.2 Å². The number of aliphatic hydroxyl groups excluding tert-OH is 1. The highest BCUT2D eigenvalue weighted by molar-refractivity contribution is 6.31. The molecule has 39 heavy (non-hydrogen) atoms. The van der Waals surface area contributed by atoms with Crippen molar-refractivity contribution in [1.82, 2.24) is 15.3 Å². The van der Waals surface area contributed by atoms with Crippen LogP contribution in [0.4, 0.5) is 17.5 Å². The molecule has 10 heteroatoms. The summed E-state index contributed by atoms with van der Waals surface area (Å²) in [5, 5.41) is 32.3. The van der Waals surface area contributed by atoms with Crippen molar-refractivity contribution in [3.8, 4) is 0 Å². The summed E-state index contributed by atoms with van der Waals surface area (Å²) >= 11 is 6.25. The minimum Gasteiger partial charge on any atom is -0.393 e. The van der Waals surface area contributed by atoms with E-state index in [9.17, 15) is 15.2 Å². The number of nitrogens with one attached hydrogen (secondary N) is 3. The van der Waals surface area contributed by atoms with E-state index < -0.39 is 4.92 Å². The van der Waals surface area contributed by atoms with Crippen molar-refractivity contribution in [2.24, 2.45) is 23.7 Å². The summed E-state index contributed by atoms with van der Waals surface area (Å²) in [6, 6.07) is 7.52. The van der Waals surface area contributed by atoms with E-state index in [0.29, 0.717) is 47.7 Å². The van der Waals surface area contributed by atoms with Crippen LogP contribution in [0.25, 0.3) is 0 Å². The monoisotopic (exact) mass is 558 g/mol. The van der Waals surface area contributed by atoms with Gasteiger partial charge in [0.05, 0.1) is 11.0 Å². The first-order valence-corrected chi connectivity index (χ1v) is 14.9. The fraction of sp³-hybridized carbons (Fsp3) is 0.655. The molecule has 2 aliphatic rings. The Morgan fingerprint density at radius 3 is 2.41 bits per heavy atom.